The van der Waals surface area contributed by atoms with Gasteiger partial charge in [-0.15, -0.1) is 0 Å². The van der Waals surface area contributed by atoms with Gasteiger partial charge in [-0.05, 0) is 31.0 Å². The van der Waals surface area contributed by atoms with E-state index < -0.39 is 11.9 Å². The molecule has 0 bridgehead atoms. The standard InChI is InChI=1S/C17H18ClN3O3S/c18-10-1-4-13-14(9-10)25-17(19-13)21-7-5-20(6-8-21)15(22)11-2-3-12(11)16(23)24/h1,4,9,11-12H,2-3,5-8H2,(H,23,24)/t11-,12+/m1/s1. The molecule has 0 spiro atoms. The quantitative estimate of drug-likeness (QED) is 0.887. The molecular formula is C17H18ClN3O3S. The largest absolute Gasteiger partial charge is 0.481 e. The van der Waals surface area contributed by atoms with Crippen LogP contribution in [0.3, 0.4) is 0 Å². The van der Waals surface area contributed by atoms with E-state index in [2.05, 4.69) is 9.88 Å². The number of hydrogen-bond acceptors (Lipinski definition) is 5. The van der Waals surface area contributed by atoms with E-state index in [1.54, 1.807) is 16.2 Å². The van der Waals surface area contributed by atoms with Gasteiger partial charge in [0.2, 0.25) is 5.91 Å². The molecule has 0 unspecified atom stereocenters. The van der Waals surface area contributed by atoms with Gasteiger partial charge in [0.1, 0.15) is 0 Å². The molecule has 8 heteroatoms. The molecule has 25 heavy (non-hydrogen) atoms. The van der Waals surface area contributed by atoms with E-state index in [0.717, 1.165) is 15.3 Å². The van der Waals surface area contributed by atoms with Crippen molar-refractivity contribution < 1.29 is 14.7 Å². The Balaban J connectivity index is 1.40. The SMILES string of the molecule is O=C(O)[C@H]1CC[C@H]1C(=O)N1CCN(c2nc3ccc(Cl)cc3s2)CC1. The van der Waals surface area contributed by atoms with Gasteiger partial charge in [0, 0.05) is 31.2 Å². The van der Waals surface area contributed by atoms with Crippen LogP contribution in [0.5, 0.6) is 0 Å². The number of carbonyl (C=O) groups excluding carboxylic acids is 1. The van der Waals surface area contributed by atoms with E-state index in [1.807, 2.05) is 18.2 Å². The molecule has 1 aliphatic heterocycles. The second-order valence-electron chi connectivity index (χ2n) is 6.55. The molecule has 1 saturated heterocycles. The fourth-order valence-electron chi connectivity index (χ4n) is 3.47. The monoisotopic (exact) mass is 379 g/mol. The highest BCUT2D eigenvalue weighted by Gasteiger charge is 2.43. The van der Waals surface area contributed by atoms with Gasteiger partial charge in [0.15, 0.2) is 5.13 Å². The first-order valence-electron chi connectivity index (χ1n) is 8.35. The van der Waals surface area contributed by atoms with Crippen molar-refractivity contribution in [2.75, 3.05) is 31.1 Å². The summed E-state index contributed by atoms with van der Waals surface area (Å²) in [4.78, 5) is 32.3. The smallest absolute Gasteiger partial charge is 0.307 e. The number of hydrogen-bond donors (Lipinski definition) is 1. The molecule has 0 radical (unpaired) electrons. The van der Waals surface area contributed by atoms with Crippen LogP contribution in [-0.2, 0) is 9.59 Å². The summed E-state index contributed by atoms with van der Waals surface area (Å²) < 4.78 is 1.06. The van der Waals surface area contributed by atoms with Crippen molar-refractivity contribution in [1.82, 2.24) is 9.88 Å². The molecule has 1 aromatic carbocycles. The van der Waals surface area contributed by atoms with E-state index >= 15 is 0 Å². The number of rotatable bonds is 3. The van der Waals surface area contributed by atoms with Gasteiger partial charge in [-0.25, -0.2) is 4.98 Å². The Bertz CT molecular complexity index is 832. The molecule has 2 fully saturated rings. The lowest BCUT2D eigenvalue weighted by Gasteiger charge is -2.40. The number of thiazole rings is 1. The van der Waals surface area contributed by atoms with E-state index in [9.17, 15) is 9.59 Å². The van der Waals surface area contributed by atoms with Gasteiger partial charge in [0.25, 0.3) is 0 Å². The lowest BCUT2D eigenvalue weighted by Crippen LogP contribution is -2.53. The van der Waals surface area contributed by atoms with Crippen molar-refractivity contribution in [1.29, 1.82) is 0 Å². The summed E-state index contributed by atoms with van der Waals surface area (Å²) in [5.41, 5.74) is 0.932. The van der Waals surface area contributed by atoms with E-state index in [4.69, 9.17) is 16.7 Å². The maximum atomic E-state index is 12.5. The van der Waals surface area contributed by atoms with E-state index in [-0.39, 0.29) is 11.8 Å². The zero-order chi connectivity index (χ0) is 17.6. The Hall–Kier alpha value is -1.86. The molecule has 2 atom stereocenters. The zero-order valence-electron chi connectivity index (χ0n) is 13.5. The van der Waals surface area contributed by atoms with Crippen molar-refractivity contribution in [2.45, 2.75) is 12.8 Å². The minimum Gasteiger partial charge on any atom is -0.481 e. The van der Waals surface area contributed by atoms with Gasteiger partial charge in [-0.3, -0.25) is 9.59 Å². The number of amides is 1. The van der Waals surface area contributed by atoms with Crippen LogP contribution in [0.25, 0.3) is 10.2 Å². The Morgan fingerprint density at radius 3 is 2.52 bits per heavy atom. The third-order valence-corrected chi connectivity index (χ3v) is 6.42. The van der Waals surface area contributed by atoms with Crippen molar-refractivity contribution in [3.05, 3.63) is 23.2 Å². The van der Waals surface area contributed by atoms with E-state index in [0.29, 0.717) is 44.0 Å². The van der Waals surface area contributed by atoms with Crippen LogP contribution >= 0.6 is 22.9 Å². The van der Waals surface area contributed by atoms with Crippen LogP contribution in [0.4, 0.5) is 5.13 Å². The summed E-state index contributed by atoms with van der Waals surface area (Å²) in [6.45, 7) is 2.64. The van der Waals surface area contributed by atoms with Crippen molar-refractivity contribution in [3.63, 3.8) is 0 Å². The predicted molar refractivity (Wildman–Crippen MR) is 97.3 cm³/mol. The Morgan fingerprint density at radius 2 is 1.88 bits per heavy atom. The number of fused-ring (bicyclic) bond motifs is 1. The third-order valence-electron chi connectivity index (χ3n) is 5.11. The number of anilines is 1. The first kappa shape index (κ1) is 16.6. The Morgan fingerprint density at radius 1 is 1.16 bits per heavy atom. The number of carboxylic acids is 1. The van der Waals surface area contributed by atoms with Crippen LogP contribution in [0.2, 0.25) is 5.02 Å². The van der Waals surface area contributed by atoms with E-state index in [1.165, 1.54) is 0 Å². The summed E-state index contributed by atoms with van der Waals surface area (Å²) in [7, 11) is 0. The molecule has 2 aromatic rings. The van der Waals surface area contributed by atoms with Gasteiger partial charge < -0.3 is 14.9 Å². The van der Waals surface area contributed by atoms with Gasteiger partial charge in [-0.1, -0.05) is 22.9 Å². The summed E-state index contributed by atoms with van der Waals surface area (Å²) >= 11 is 7.63. The summed E-state index contributed by atoms with van der Waals surface area (Å²) in [6, 6.07) is 5.67. The van der Waals surface area contributed by atoms with Crippen LogP contribution in [-0.4, -0.2) is 53.0 Å². The molecule has 132 valence electrons. The number of benzene rings is 1. The highest BCUT2D eigenvalue weighted by atomic mass is 35.5. The maximum absolute atomic E-state index is 12.5. The number of aliphatic carboxylic acids is 1. The first-order valence-corrected chi connectivity index (χ1v) is 9.55. The van der Waals surface area contributed by atoms with Gasteiger partial charge in [-0.2, -0.15) is 0 Å². The molecular weight excluding hydrogens is 362 g/mol. The number of carboxylic acid groups (broad SMARTS) is 1. The summed E-state index contributed by atoms with van der Waals surface area (Å²) in [6.07, 6.45) is 1.30. The zero-order valence-corrected chi connectivity index (χ0v) is 15.1. The highest BCUT2D eigenvalue weighted by molar-refractivity contribution is 7.22. The predicted octanol–water partition coefficient (Wildman–Crippen LogP) is 2.71. The number of aromatic nitrogens is 1. The average Bonchev–Trinajstić information content (AvgIpc) is 2.96. The lowest BCUT2D eigenvalue weighted by molar-refractivity contribution is -0.156. The molecule has 1 aromatic heterocycles. The minimum absolute atomic E-state index is 0.00520. The molecule has 1 saturated carbocycles. The number of piperazine rings is 1. The fourth-order valence-corrected chi connectivity index (χ4v) is 4.76. The van der Waals surface area contributed by atoms with Crippen LogP contribution < -0.4 is 4.90 Å². The Labute approximate surface area is 154 Å². The number of nitrogens with zero attached hydrogens (tertiary/aromatic N) is 3. The average molecular weight is 380 g/mol. The number of halogens is 1. The van der Waals surface area contributed by atoms with Crippen molar-refractivity contribution in [2.24, 2.45) is 11.8 Å². The second kappa shape index (κ2) is 6.46. The number of carbonyl (C=O) groups is 2. The van der Waals surface area contributed by atoms with Crippen molar-refractivity contribution in [3.8, 4) is 0 Å². The normalized spacial score (nSPS) is 23.6. The fraction of sp³-hybridized carbons (Fsp3) is 0.471. The summed E-state index contributed by atoms with van der Waals surface area (Å²) in [5.74, 6) is -1.70. The highest BCUT2D eigenvalue weighted by Crippen LogP contribution is 2.36. The lowest BCUT2D eigenvalue weighted by atomic mass is 9.73. The van der Waals surface area contributed by atoms with Gasteiger partial charge in [0.05, 0.1) is 22.1 Å². The Kier molecular flexibility index (Phi) is 4.29. The molecule has 1 aliphatic carbocycles. The van der Waals surface area contributed by atoms with Crippen LogP contribution in [0.1, 0.15) is 12.8 Å². The molecule has 2 heterocycles. The molecule has 1 amide bonds. The van der Waals surface area contributed by atoms with Gasteiger partial charge >= 0.3 is 5.97 Å². The second-order valence-corrected chi connectivity index (χ2v) is 7.99. The topological polar surface area (TPSA) is 73.7 Å². The molecule has 4 rings (SSSR count). The molecule has 1 N–H and O–H groups in total. The van der Waals surface area contributed by atoms with Crippen LogP contribution in [0, 0.1) is 11.8 Å². The summed E-state index contributed by atoms with van der Waals surface area (Å²) in [5, 5.41) is 10.8. The van der Waals surface area contributed by atoms with Crippen molar-refractivity contribution >= 4 is 50.2 Å². The third kappa shape index (κ3) is 3.06. The first-order chi connectivity index (χ1) is 12.0. The molecule has 2 aliphatic rings. The maximum Gasteiger partial charge on any atom is 0.307 e. The molecule has 6 nitrogen and oxygen atoms in total. The van der Waals surface area contributed by atoms with Crippen LogP contribution in [0.15, 0.2) is 18.2 Å². The minimum atomic E-state index is -0.851.